The summed E-state index contributed by atoms with van der Waals surface area (Å²) in [5.41, 5.74) is 16.5. The predicted molar refractivity (Wildman–Crippen MR) is 254 cm³/mol. The van der Waals surface area contributed by atoms with Gasteiger partial charge in [-0.3, -0.25) is 0 Å². The van der Waals surface area contributed by atoms with Crippen LogP contribution in [0.4, 0.5) is 17.1 Å². The Morgan fingerprint density at radius 2 is 0.934 bits per heavy atom. The van der Waals surface area contributed by atoms with Gasteiger partial charge >= 0.3 is 0 Å². The molecule has 0 aliphatic heterocycles. The number of hydrogen-bond acceptors (Lipinski definition) is 2. The van der Waals surface area contributed by atoms with Crippen LogP contribution in [-0.2, 0) is 5.41 Å². The number of rotatable bonds is 7. The summed E-state index contributed by atoms with van der Waals surface area (Å²) < 4.78 is 6.77. The van der Waals surface area contributed by atoms with Crippen molar-refractivity contribution in [2.24, 2.45) is 0 Å². The Morgan fingerprint density at radius 1 is 0.344 bits per heavy atom. The van der Waals surface area contributed by atoms with E-state index in [1.54, 1.807) is 0 Å². The van der Waals surface area contributed by atoms with Gasteiger partial charge in [0.25, 0.3) is 0 Å². The van der Waals surface area contributed by atoms with Gasteiger partial charge in [0.2, 0.25) is 0 Å². The summed E-state index contributed by atoms with van der Waals surface area (Å²) >= 11 is 0. The first-order valence-electron chi connectivity index (χ1n) is 21.0. The molecule has 0 fully saturated rings. The molecule has 0 saturated heterocycles. The average Bonchev–Trinajstić information content (AvgIpc) is 3.86. The van der Waals surface area contributed by atoms with Gasteiger partial charge in [-0.05, 0) is 109 Å². The van der Waals surface area contributed by atoms with Crippen molar-refractivity contribution in [1.29, 1.82) is 0 Å². The molecule has 0 bridgehead atoms. The molecular formula is C59H39NO. The SMILES string of the molecule is c1ccc(-c2ccc(N(c3ccc4c(c3)C(c3ccccc3)(c3ccccc3)c3ccc(-c5cccc6ccccc56)cc3-4)c3cccc4c3oc3ccccc34)cc2)cc1. The Bertz CT molecular complexity index is 3360. The zero-order valence-electron chi connectivity index (χ0n) is 33.4. The number of para-hydroxylation sites is 2. The molecule has 10 aromatic carbocycles. The van der Waals surface area contributed by atoms with Crippen LogP contribution in [0.15, 0.2) is 241 Å². The van der Waals surface area contributed by atoms with Crippen LogP contribution >= 0.6 is 0 Å². The van der Waals surface area contributed by atoms with Crippen LogP contribution < -0.4 is 4.90 Å². The molecule has 11 aromatic rings. The minimum absolute atomic E-state index is 0.589. The van der Waals surface area contributed by atoms with Crippen molar-refractivity contribution in [2.75, 3.05) is 4.90 Å². The fourth-order valence-electron chi connectivity index (χ4n) is 10.0. The lowest BCUT2D eigenvalue weighted by Gasteiger charge is -2.35. The molecule has 2 heteroatoms. The molecule has 61 heavy (non-hydrogen) atoms. The third-order valence-corrected chi connectivity index (χ3v) is 12.8. The Labute approximate surface area is 355 Å². The van der Waals surface area contributed by atoms with Gasteiger partial charge in [0.1, 0.15) is 5.58 Å². The summed E-state index contributed by atoms with van der Waals surface area (Å²) in [6, 6.07) is 86.1. The maximum Gasteiger partial charge on any atom is 0.159 e. The van der Waals surface area contributed by atoms with E-state index in [-0.39, 0.29) is 0 Å². The average molecular weight is 778 g/mol. The maximum absolute atomic E-state index is 6.77. The van der Waals surface area contributed by atoms with Crippen LogP contribution in [-0.4, -0.2) is 0 Å². The van der Waals surface area contributed by atoms with E-state index in [0.29, 0.717) is 0 Å². The predicted octanol–water partition coefficient (Wildman–Crippen LogP) is 15.9. The van der Waals surface area contributed by atoms with E-state index in [0.717, 1.165) is 39.0 Å². The number of benzene rings is 10. The smallest absolute Gasteiger partial charge is 0.159 e. The number of fused-ring (bicyclic) bond motifs is 7. The Balaban J connectivity index is 1.13. The topological polar surface area (TPSA) is 16.4 Å². The van der Waals surface area contributed by atoms with E-state index in [1.165, 1.54) is 66.4 Å². The first-order valence-corrected chi connectivity index (χ1v) is 21.0. The van der Waals surface area contributed by atoms with Crippen molar-refractivity contribution in [1.82, 2.24) is 0 Å². The monoisotopic (exact) mass is 777 g/mol. The van der Waals surface area contributed by atoms with Crippen LogP contribution in [0.3, 0.4) is 0 Å². The van der Waals surface area contributed by atoms with Crippen molar-refractivity contribution >= 4 is 49.8 Å². The van der Waals surface area contributed by atoms with Gasteiger partial charge in [-0.1, -0.05) is 194 Å². The number of nitrogens with zero attached hydrogens (tertiary/aromatic N) is 1. The van der Waals surface area contributed by atoms with Crippen LogP contribution in [0.2, 0.25) is 0 Å². The molecule has 286 valence electrons. The lowest BCUT2D eigenvalue weighted by molar-refractivity contribution is 0.669. The van der Waals surface area contributed by atoms with Crippen molar-refractivity contribution in [3.05, 3.63) is 259 Å². The molecule has 2 nitrogen and oxygen atoms in total. The molecule has 0 unspecified atom stereocenters. The van der Waals surface area contributed by atoms with Crippen molar-refractivity contribution < 1.29 is 4.42 Å². The molecule has 0 saturated carbocycles. The molecule has 1 aromatic heterocycles. The van der Waals surface area contributed by atoms with Gasteiger partial charge in [-0.25, -0.2) is 0 Å². The molecule has 0 atom stereocenters. The number of furan rings is 1. The van der Waals surface area contributed by atoms with Crippen molar-refractivity contribution in [3.8, 4) is 33.4 Å². The summed E-state index contributed by atoms with van der Waals surface area (Å²) in [5, 5.41) is 4.70. The van der Waals surface area contributed by atoms with E-state index < -0.39 is 5.41 Å². The molecule has 12 rings (SSSR count). The van der Waals surface area contributed by atoms with Gasteiger partial charge in [0, 0.05) is 22.1 Å². The second-order valence-corrected chi connectivity index (χ2v) is 16.0. The number of hydrogen-bond donors (Lipinski definition) is 0. The Hall–Kier alpha value is -7.94. The molecule has 0 N–H and O–H groups in total. The van der Waals surface area contributed by atoms with Gasteiger partial charge in [0.15, 0.2) is 5.58 Å². The second kappa shape index (κ2) is 14.1. The van der Waals surface area contributed by atoms with Crippen LogP contribution in [0, 0.1) is 0 Å². The fourth-order valence-corrected chi connectivity index (χ4v) is 10.0. The second-order valence-electron chi connectivity index (χ2n) is 16.0. The minimum atomic E-state index is -0.589. The molecule has 1 heterocycles. The third kappa shape index (κ3) is 5.50. The van der Waals surface area contributed by atoms with Crippen molar-refractivity contribution in [3.63, 3.8) is 0 Å². The molecule has 1 aliphatic rings. The fraction of sp³-hybridized carbons (Fsp3) is 0.0169. The first kappa shape index (κ1) is 35.0. The van der Waals surface area contributed by atoms with Crippen molar-refractivity contribution in [2.45, 2.75) is 5.41 Å². The third-order valence-electron chi connectivity index (χ3n) is 12.8. The van der Waals surface area contributed by atoms with E-state index in [9.17, 15) is 0 Å². The highest BCUT2D eigenvalue weighted by Gasteiger charge is 2.46. The van der Waals surface area contributed by atoms with Gasteiger partial charge in [0.05, 0.1) is 11.1 Å². The standard InChI is InChI=1S/C59H39NO/c1-4-16-40(17-5-1)41-30-33-46(34-31-41)60(56-28-15-27-52-51-25-12-13-29-57(51)61-58(52)56)47-35-36-50-53-38-43(49-26-14-19-42-18-10-11-24-48(42)49)32-37-54(53)59(55(50)39-47,44-20-6-2-7-21-44)45-22-8-3-9-23-45/h1-39H. The lowest BCUT2D eigenvalue weighted by Crippen LogP contribution is -2.28. The highest BCUT2D eigenvalue weighted by molar-refractivity contribution is 6.10. The van der Waals surface area contributed by atoms with Crippen LogP contribution in [0.25, 0.3) is 66.1 Å². The Kier molecular flexibility index (Phi) is 8.11. The highest BCUT2D eigenvalue weighted by atomic mass is 16.3. The maximum atomic E-state index is 6.77. The summed E-state index contributed by atoms with van der Waals surface area (Å²) in [6.07, 6.45) is 0. The zero-order chi connectivity index (χ0) is 40.3. The lowest BCUT2D eigenvalue weighted by atomic mass is 9.67. The quantitative estimate of drug-likeness (QED) is 0.160. The summed E-state index contributed by atoms with van der Waals surface area (Å²) in [7, 11) is 0. The summed E-state index contributed by atoms with van der Waals surface area (Å²) in [5.74, 6) is 0. The number of anilines is 3. The largest absolute Gasteiger partial charge is 0.454 e. The zero-order valence-corrected chi connectivity index (χ0v) is 33.4. The minimum Gasteiger partial charge on any atom is -0.454 e. The van der Waals surface area contributed by atoms with E-state index in [2.05, 4.69) is 235 Å². The van der Waals surface area contributed by atoms with E-state index >= 15 is 0 Å². The van der Waals surface area contributed by atoms with E-state index in [1.807, 2.05) is 6.07 Å². The first-order chi connectivity index (χ1) is 30.3. The molecule has 1 aliphatic carbocycles. The van der Waals surface area contributed by atoms with Crippen LogP contribution in [0.5, 0.6) is 0 Å². The van der Waals surface area contributed by atoms with Gasteiger partial charge in [-0.15, -0.1) is 0 Å². The Morgan fingerprint density at radius 3 is 1.70 bits per heavy atom. The molecule has 0 amide bonds. The molecule has 0 radical (unpaired) electrons. The molecular weight excluding hydrogens is 739 g/mol. The van der Waals surface area contributed by atoms with Crippen LogP contribution in [0.1, 0.15) is 22.3 Å². The highest BCUT2D eigenvalue weighted by Crippen LogP contribution is 2.58. The molecule has 0 spiro atoms. The van der Waals surface area contributed by atoms with E-state index in [4.69, 9.17) is 4.42 Å². The summed E-state index contributed by atoms with van der Waals surface area (Å²) in [4.78, 5) is 2.38. The normalized spacial score (nSPS) is 12.7. The van der Waals surface area contributed by atoms with Gasteiger partial charge < -0.3 is 9.32 Å². The summed E-state index contributed by atoms with van der Waals surface area (Å²) in [6.45, 7) is 0. The van der Waals surface area contributed by atoms with Gasteiger partial charge in [-0.2, -0.15) is 0 Å².